The predicted molar refractivity (Wildman–Crippen MR) is 131 cm³/mol. The highest BCUT2D eigenvalue weighted by molar-refractivity contribution is 8.18. The fourth-order valence-electron chi connectivity index (χ4n) is 3.25. The van der Waals surface area contributed by atoms with E-state index in [9.17, 15) is 9.59 Å². The number of benzene rings is 2. The first-order valence-corrected chi connectivity index (χ1v) is 11.7. The summed E-state index contributed by atoms with van der Waals surface area (Å²) in [6.07, 6.45) is 4.05. The molecule has 3 rings (SSSR count). The Morgan fingerprint density at radius 1 is 1.06 bits per heavy atom. The van der Waals surface area contributed by atoms with Crippen LogP contribution in [0, 0.1) is 0 Å². The highest BCUT2D eigenvalue weighted by atomic mass is 35.5. The van der Waals surface area contributed by atoms with Gasteiger partial charge in [-0.15, -0.1) is 6.58 Å². The van der Waals surface area contributed by atoms with Crippen molar-refractivity contribution in [3.8, 4) is 11.5 Å². The van der Waals surface area contributed by atoms with Gasteiger partial charge in [-0.2, -0.15) is 0 Å². The van der Waals surface area contributed by atoms with Crippen LogP contribution in [0.3, 0.4) is 0 Å². The van der Waals surface area contributed by atoms with Crippen molar-refractivity contribution in [3.63, 3.8) is 0 Å². The van der Waals surface area contributed by atoms with Crippen LogP contribution < -0.4 is 9.47 Å². The summed E-state index contributed by atoms with van der Waals surface area (Å²) in [6, 6.07) is 8.70. The Kier molecular flexibility index (Phi) is 8.29. The molecule has 2 amide bonds. The molecule has 1 fully saturated rings. The Labute approximate surface area is 202 Å². The maximum atomic E-state index is 13.0. The van der Waals surface area contributed by atoms with E-state index < -0.39 is 0 Å². The molecule has 5 nitrogen and oxygen atoms in total. The van der Waals surface area contributed by atoms with Gasteiger partial charge in [0.25, 0.3) is 11.1 Å². The number of ether oxygens (including phenoxy) is 2. The molecular formula is C24H23Cl2NO4S. The molecule has 8 heteroatoms. The Hall–Kier alpha value is -2.41. The molecule has 32 heavy (non-hydrogen) atoms. The van der Waals surface area contributed by atoms with Crippen LogP contribution in [0.15, 0.2) is 47.9 Å². The predicted octanol–water partition coefficient (Wildman–Crippen LogP) is 6.76. The van der Waals surface area contributed by atoms with Crippen LogP contribution in [-0.4, -0.2) is 29.3 Å². The number of halogens is 2. The fourth-order valence-corrected chi connectivity index (χ4v) is 4.56. The number of nitrogens with zero attached hydrogens (tertiary/aromatic N) is 1. The van der Waals surface area contributed by atoms with Gasteiger partial charge in [0.1, 0.15) is 0 Å². The first-order valence-electron chi connectivity index (χ1n) is 10.1. The second-order valence-corrected chi connectivity index (χ2v) is 8.71. The second-order valence-electron chi connectivity index (χ2n) is 6.87. The van der Waals surface area contributed by atoms with E-state index in [4.69, 9.17) is 32.7 Å². The minimum atomic E-state index is -0.372. The molecule has 0 spiro atoms. The van der Waals surface area contributed by atoms with Gasteiger partial charge in [-0.05, 0) is 73.5 Å². The van der Waals surface area contributed by atoms with Crippen molar-refractivity contribution in [1.82, 2.24) is 4.90 Å². The van der Waals surface area contributed by atoms with Gasteiger partial charge in [-0.3, -0.25) is 14.5 Å². The number of hydrogen-bond donors (Lipinski definition) is 0. The van der Waals surface area contributed by atoms with Gasteiger partial charge in [0.15, 0.2) is 11.5 Å². The summed E-state index contributed by atoms with van der Waals surface area (Å²) in [7, 11) is 0. The molecule has 1 heterocycles. The Bertz CT molecular complexity index is 1080. The zero-order valence-electron chi connectivity index (χ0n) is 17.8. The molecule has 2 aromatic rings. The average molecular weight is 492 g/mol. The molecule has 0 bridgehead atoms. The molecule has 168 valence electrons. The topological polar surface area (TPSA) is 55.8 Å². The quantitative estimate of drug-likeness (QED) is 0.286. The highest BCUT2D eigenvalue weighted by Crippen LogP contribution is 2.38. The highest BCUT2D eigenvalue weighted by Gasteiger charge is 2.35. The van der Waals surface area contributed by atoms with Crippen LogP contribution in [0.25, 0.3) is 6.08 Å². The summed E-state index contributed by atoms with van der Waals surface area (Å²) in [4.78, 5) is 27.0. The Balaban J connectivity index is 1.92. The Morgan fingerprint density at radius 2 is 1.81 bits per heavy atom. The van der Waals surface area contributed by atoms with E-state index in [-0.39, 0.29) is 17.7 Å². The van der Waals surface area contributed by atoms with Gasteiger partial charge in [0.2, 0.25) is 0 Å². The number of amides is 2. The Morgan fingerprint density at radius 3 is 2.47 bits per heavy atom. The summed E-state index contributed by atoms with van der Waals surface area (Å²) in [5, 5.41) is 0.542. The average Bonchev–Trinajstić information content (AvgIpc) is 3.00. The number of thioether (sulfide) groups is 1. The monoisotopic (exact) mass is 491 g/mol. The van der Waals surface area contributed by atoms with Crippen LogP contribution in [0.4, 0.5) is 4.79 Å². The molecule has 2 aromatic carbocycles. The lowest BCUT2D eigenvalue weighted by molar-refractivity contribution is -0.123. The van der Waals surface area contributed by atoms with E-state index in [2.05, 4.69) is 6.58 Å². The van der Waals surface area contributed by atoms with Crippen LogP contribution in [0.1, 0.15) is 30.5 Å². The number of carbonyl (C=O) groups excluding carboxylic acids is 2. The van der Waals surface area contributed by atoms with Gasteiger partial charge in [-0.25, -0.2) is 0 Å². The van der Waals surface area contributed by atoms with E-state index in [0.717, 1.165) is 22.9 Å². The first kappa shape index (κ1) is 24.2. The van der Waals surface area contributed by atoms with Crippen molar-refractivity contribution >= 4 is 52.2 Å². The van der Waals surface area contributed by atoms with E-state index in [0.29, 0.717) is 51.6 Å². The zero-order valence-corrected chi connectivity index (χ0v) is 20.1. The van der Waals surface area contributed by atoms with Crippen LogP contribution in [0.2, 0.25) is 10.0 Å². The molecule has 1 aliphatic rings. The molecule has 1 aliphatic heterocycles. The zero-order chi connectivity index (χ0) is 23.3. The summed E-state index contributed by atoms with van der Waals surface area (Å²) < 4.78 is 11.6. The number of imide groups is 1. The number of carbonyl (C=O) groups is 2. The molecular weight excluding hydrogens is 469 g/mol. The molecule has 0 N–H and O–H groups in total. The van der Waals surface area contributed by atoms with Gasteiger partial charge < -0.3 is 9.47 Å². The van der Waals surface area contributed by atoms with Gasteiger partial charge >= 0.3 is 0 Å². The van der Waals surface area contributed by atoms with Crippen molar-refractivity contribution < 1.29 is 19.1 Å². The van der Waals surface area contributed by atoms with E-state index in [1.807, 2.05) is 26.0 Å². The lowest BCUT2D eigenvalue weighted by Crippen LogP contribution is -2.27. The molecule has 0 atom stereocenters. The third-order valence-electron chi connectivity index (χ3n) is 4.62. The third-order valence-corrected chi connectivity index (χ3v) is 6.12. The second kappa shape index (κ2) is 10.9. The SMILES string of the molecule is C=CCc1cc(/C=C2\SC(=O)N(Cc3ccc(Cl)cc3Cl)C2=O)cc(OCC)c1OCC. The van der Waals surface area contributed by atoms with Gasteiger partial charge in [0.05, 0.1) is 24.7 Å². The van der Waals surface area contributed by atoms with Crippen molar-refractivity contribution in [2.75, 3.05) is 13.2 Å². The van der Waals surface area contributed by atoms with Gasteiger partial charge in [-0.1, -0.05) is 35.3 Å². The largest absolute Gasteiger partial charge is 0.490 e. The van der Waals surface area contributed by atoms with Crippen molar-refractivity contribution in [2.45, 2.75) is 26.8 Å². The molecule has 0 unspecified atom stereocenters. The molecule has 0 saturated carbocycles. The number of hydrogen-bond acceptors (Lipinski definition) is 5. The van der Waals surface area contributed by atoms with Crippen molar-refractivity contribution in [1.29, 1.82) is 0 Å². The number of allylic oxidation sites excluding steroid dienone is 1. The minimum absolute atomic E-state index is 0.0766. The standard InChI is InChI=1S/C24H23Cl2NO4S/c1-4-7-16-10-15(11-20(30-5-2)22(16)31-6-3)12-21-23(28)27(24(29)32-21)14-17-8-9-18(25)13-19(17)26/h4,8-13H,1,5-7,14H2,2-3H3/b21-12-. The fraction of sp³-hybridized carbons (Fsp3) is 0.250. The summed E-state index contributed by atoms with van der Waals surface area (Å²) >= 11 is 13.0. The molecule has 1 saturated heterocycles. The first-order chi connectivity index (χ1) is 15.4. The van der Waals surface area contributed by atoms with E-state index in [1.165, 1.54) is 4.90 Å². The van der Waals surface area contributed by atoms with E-state index in [1.54, 1.807) is 30.4 Å². The molecule has 0 radical (unpaired) electrons. The lowest BCUT2D eigenvalue weighted by Gasteiger charge is -2.16. The van der Waals surface area contributed by atoms with Crippen LogP contribution in [-0.2, 0) is 17.8 Å². The van der Waals surface area contributed by atoms with Gasteiger partial charge in [0, 0.05) is 15.6 Å². The number of rotatable bonds is 9. The summed E-state index contributed by atoms with van der Waals surface area (Å²) in [6.45, 7) is 8.65. The van der Waals surface area contributed by atoms with E-state index >= 15 is 0 Å². The van der Waals surface area contributed by atoms with Crippen LogP contribution >= 0.6 is 35.0 Å². The van der Waals surface area contributed by atoms with Crippen LogP contribution in [0.5, 0.6) is 11.5 Å². The minimum Gasteiger partial charge on any atom is -0.490 e. The van der Waals surface area contributed by atoms with Crippen molar-refractivity contribution in [3.05, 3.63) is 74.6 Å². The normalized spacial score (nSPS) is 14.9. The maximum absolute atomic E-state index is 13.0. The smallest absolute Gasteiger partial charge is 0.293 e. The molecule has 0 aliphatic carbocycles. The molecule has 0 aromatic heterocycles. The summed E-state index contributed by atoms with van der Waals surface area (Å²) in [5.41, 5.74) is 2.28. The third kappa shape index (κ3) is 5.49. The maximum Gasteiger partial charge on any atom is 0.293 e. The lowest BCUT2D eigenvalue weighted by atomic mass is 10.0. The van der Waals surface area contributed by atoms with Crippen molar-refractivity contribution in [2.24, 2.45) is 0 Å². The summed E-state index contributed by atoms with van der Waals surface area (Å²) in [5.74, 6) is 0.882.